The molecule has 23 heavy (non-hydrogen) atoms. The van der Waals surface area contributed by atoms with E-state index in [9.17, 15) is 4.39 Å². The van der Waals surface area contributed by atoms with Crippen molar-refractivity contribution >= 4 is 17.3 Å². The first kappa shape index (κ1) is 15.6. The summed E-state index contributed by atoms with van der Waals surface area (Å²) in [6.07, 6.45) is 0. The standard InChI is InChI=1S/C17H17FN2O2S/c1-20(10-12-2-5-14(18)6-3-12)17(23)19-9-13-4-7-15-16(8-13)22-11-21-15/h2-8H,9-11H2,1H3,(H,19,23). The van der Waals surface area contributed by atoms with Gasteiger partial charge in [-0.1, -0.05) is 18.2 Å². The third-order valence-electron chi connectivity index (χ3n) is 3.56. The third kappa shape index (κ3) is 3.90. The summed E-state index contributed by atoms with van der Waals surface area (Å²) < 4.78 is 23.6. The molecule has 0 aromatic heterocycles. The second-order valence-electron chi connectivity index (χ2n) is 5.33. The number of rotatable bonds is 4. The normalized spacial score (nSPS) is 12.1. The molecule has 1 heterocycles. The highest BCUT2D eigenvalue weighted by Crippen LogP contribution is 2.32. The maximum Gasteiger partial charge on any atom is 0.231 e. The number of nitrogens with zero attached hydrogens (tertiary/aromatic N) is 1. The second-order valence-corrected chi connectivity index (χ2v) is 5.72. The summed E-state index contributed by atoms with van der Waals surface area (Å²) in [5.74, 6) is 1.29. The fourth-order valence-corrected chi connectivity index (χ4v) is 2.44. The number of hydrogen-bond acceptors (Lipinski definition) is 3. The van der Waals surface area contributed by atoms with Crippen molar-refractivity contribution < 1.29 is 13.9 Å². The van der Waals surface area contributed by atoms with Crippen molar-refractivity contribution in [3.8, 4) is 11.5 Å². The van der Waals surface area contributed by atoms with Crippen LogP contribution in [0.3, 0.4) is 0 Å². The molecule has 0 atom stereocenters. The van der Waals surface area contributed by atoms with Gasteiger partial charge in [0, 0.05) is 20.1 Å². The predicted molar refractivity (Wildman–Crippen MR) is 89.9 cm³/mol. The lowest BCUT2D eigenvalue weighted by Crippen LogP contribution is -2.36. The Morgan fingerprint density at radius 3 is 2.61 bits per heavy atom. The fourth-order valence-electron chi connectivity index (χ4n) is 2.30. The molecule has 1 aliphatic rings. The molecule has 0 spiro atoms. The molecule has 4 nitrogen and oxygen atoms in total. The van der Waals surface area contributed by atoms with Crippen LogP contribution >= 0.6 is 12.2 Å². The molecule has 6 heteroatoms. The van der Waals surface area contributed by atoms with Gasteiger partial charge in [0.1, 0.15) is 5.82 Å². The van der Waals surface area contributed by atoms with Gasteiger partial charge in [0.15, 0.2) is 16.6 Å². The Bertz CT molecular complexity index is 706. The molecule has 0 bridgehead atoms. The molecule has 2 aromatic carbocycles. The van der Waals surface area contributed by atoms with Crippen LogP contribution in [0.25, 0.3) is 0 Å². The molecular formula is C17H17FN2O2S. The highest BCUT2D eigenvalue weighted by atomic mass is 32.1. The molecule has 3 rings (SSSR count). The van der Waals surface area contributed by atoms with E-state index in [-0.39, 0.29) is 12.6 Å². The number of nitrogens with one attached hydrogen (secondary N) is 1. The van der Waals surface area contributed by atoms with E-state index in [1.165, 1.54) is 12.1 Å². The third-order valence-corrected chi connectivity index (χ3v) is 4.02. The van der Waals surface area contributed by atoms with Gasteiger partial charge in [-0.2, -0.15) is 0 Å². The number of benzene rings is 2. The Morgan fingerprint density at radius 1 is 1.13 bits per heavy atom. The highest BCUT2D eigenvalue weighted by Gasteiger charge is 2.13. The van der Waals surface area contributed by atoms with Crippen LogP contribution in [-0.4, -0.2) is 23.9 Å². The average Bonchev–Trinajstić information content (AvgIpc) is 3.02. The Balaban J connectivity index is 1.53. The van der Waals surface area contributed by atoms with E-state index in [2.05, 4.69) is 5.32 Å². The number of hydrogen-bond donors (Lipinski definition) is 1. The smallest absolute Gasteiger partial charge is 0.231 e. The average molecular weight is 332 g/mol. The monoisotopic (exact) mass is 332 g/mol. The number of halogens is 1. The van der Waals surface area contributed by atoms with Gasteiger partial charge < -0.3 is 19.7 Å². The molecule has 1 N–H and O–H groups in total. The maximum absolute atomic E-state index is 12.9. The SMILES string of the molecule is CN(Cc1ccc(F)cc1)C(=S)NCc1ccc2c(c1)OCO2. The first-order valence-electron chi connectivity index (χ1n) is 7.24. The van der Waals surface area contributed by atoms with Crippen LogP contribution in [0.1, 0.15) is 11.1 Å². The molecule has 0 amide bonds. The second kappa shape index (κ2) is 6.83. The van der Waals surface area contributed by atoms with Gasteiger partial charge in [0.25, 0.3) is 0 Å². The highest BCUT2D eigenvalue weighted by molar-refractivity contribution is 7.80. The molecule has 2 aromatic rings. The fraction of sp³-hybridized carbons (Fsp3) is 0.235. The van der Waals surface area contributed by atoms with E-state index in [0.717, 1.165) is 22.6 Å². The predicted octanol–water partition coefficient (Wildman–Crippen LogP) is 3.06. The molecule has 0 radical (unpaired) electrons. The van der Waals surface area contributed by atoms with Gasteiger partial charge in [0.05, 0.1) is 0 Å². The zero-order chi connectivity index (χ0) is 16.2. The van der Waals surface area contributed by atoms with Crippen molar-refractivity contribution in [2.45, 2.75) is 13.1 Å². The Kier molecular flexibility index (Phi) is 4.62. The summed E-state index contributed by atoms with van der Waals surface area (Å²) in [6.45, 7) is 1.49. The van der Waals surface area contributed by atoms with E-state index >= 15 is 0 Å². The van der Waals surface area contributed by atoms with E-state index in [4.69, 9.17) is 21.7 Å². The number of ether oxygens (including phenoxy) is 2. The van der Waals surface area contributed by atoms with Crippen LogP contribution in [0.4, 0.5) is 4.39 Å². The van der Waals surface area contributed by atoms with Crippen LogP contribution < -0.4 is 14.8 Å². The van der Waals surface area contributed by atoms with E-state index in [0.29, 0.717) is 18.2 Å². The van der Waals surface area contributed by atoms with Crippen LogP contribution in [0, 0.1) is 5.82 Å². The van der Waals surface area contributed by atoms with Crippen LogP contribution in [0.5, 0.6) is 11.5 Å². The van der Waals surface area contributed by atoms with Gasteiger partial charge in [-0.25, -0.2) is 4.39 Å². The van der Waals surface area contributed by atoms with Crippen molar-refractivity contribution in [3.05, 3.63) is 59.4 Å². The molecule has 0 saturated heterocycles. The van der Waals surface area contributed by atoms with Crippen LogP contribution in [0.2, 0.25) is 0 Å². The Morgan fingerprint density at radius 2 is 1.83 bits per heavy atom. The van der Waals surface area contributed by atoms with Crippen molar-refractivity contribution in [1.29, 1.82) is 0 Å². The lowest BCUT2D eigenvalue weighted by Gasteiger charge is -2.21. The minimum absolute atomic E-state index is 0.236. The van der Waals surface area contributed by atoms with Crippen LogP contribution in [-0.2, 0) is 13.1 Å². The van der Waals surface area contributed by atoms with Crippen molar-refractivity contribution in [2.24, 2.45) is 0 Å². The quantitative estimate of drug-likeness (QED) is 0.871. The van der Waals surface area contributed by atoms with Crippen molar-refractivity contribution in [3.63, 3.8) is 0 Å². The summed E-state index contributed by atoms with van der Waals surface area (Å²) in [6, 6.07) is 12.2. The van der Waals surface area contributed by atoms with Gasteiger partial charge >= 0.3 is 0 Å². The van der Waals surface area contributed by atoms with E-state index in [1.807, 2.05) is 30.1 Å². The lowest BCUT2D eigenvalue weighted by molar-refractivity contribution is 0.174. The summed E-state index contributed by atoms with van der Waals surface area (Å²) in [4.78, 5) is 1.91. The molecule has 0 saturated carbocycles. The molecule has 0 fully saturated rings. The zero-order valence-electron chi connectivity index (χ0n) is 12.7. The molecule has 120 valence electrons. The van der Waals surface area contributed by atoms with Crippen LogP contribution in [0.15, 0.2) is 42.5 Å². The molecular weight excluding hydrogens is 315 g/mol. The first-order chi connectivity index (χ1) is 11.1. The topological polar surface area (TPSA) is 33.7 Å². The maximum atomic E-state index is 12.9. The Labute approximate surface area is 139 Å². The zero-order valence-corrected chi connectivity index (χ0v) is 13.5. The summed E-state index contributed by atoms with van der Waals surface area (Å²) >= 11 is 5.38. The molecule has 0 aliphatic carbocycles. The van der Waals surface area contributed by atoms with E-state index in [1.54, 1.807) is 12.1 Å². The Hall–Kier alpha value is -2.34. The first-order valence-corrected chi connectivity index (χ1v) is 7.64. The molecule has 1 aliphatic heterocycles. The van der Waals surface area contributed by atoms with Gasteiger partial charge in [0.2, 0.25) is 6.79 Å². The lowest BCUT2D eigenvalue weighted by atomic mass is 10.2. The number of thiocarbonyl (C=S) groups is 1. The summed E-state index contributed by atoms with van der Waals surface area (Å²) in [7, 11) is 1.90. The molecule has 0 unspecified atom stereocenters. The van der Waals surface area contributed by atoms with E-state index < -0.39 is 0 Å². The summed E-state index contributed by atoms with van der Waals surface area (Å²) in [5.41, 5.74) is 2.06. The minimum Gasteiger partial charge on any atom is -0.454 e. The van der Waals surface area contributed by atoms with Crippen molar-refractivity contribution in [1.82, 2.24) is 10.2 Å². The van der Waals surface area contributed by atoms with Gasteiger partial charge in [-0.05, 0) is 47.6 Å². The summed E-state index contributed by atoms with van der Waals surface area (Å²) in [5, 5.41) is 3.84. The number of fused-ring (bicyclic) bond motifs is 1. The van der Waals surface area contributed by atoms with Gasteiger partial charge in [-0.15, -0.1) is 0 Å². The van der Waals surface area contributed by atoms with Gasteiger partial charge in [-0.3, -0.25) is 0 Å². The largest absolute Gasteiger partial charge is 0.454 e. The van der Waals surface area contributed by atoms with Crippen molar-refractivity contribution in [2.75, 3.05) is 13.8 Å². The minimum atomic E-state index is -0.236.